The van der Waals surface area contributed by atoms with E-state index in [0.717, 1.165) is 16.9 Å². The van der Waals surface area contributed by atoms with Crippen molar-refractivity contribution in [1.82, 2.24) is 14.6 Å². The third-order valence-electron chi connectivity index (χ3n) is 2.38. The van der Waals surface area contributed by atoms with Gasteiger partial charge in [0.1, 0.15) is 0 Å². The summed E-state index contributed by atoms with van der Waals surface area (Å²) < 4.78 is 1.78. The van der Waals surface area contributed by atoms with Crippen LogP contribution in [0.1, 0.15) is 31.0 Å². The molecule has 2 heterocycles. The van der Waals surface area contributed by atoms with Gasteiger partial charge in [-0.3, -0.25) is 0 Å². The number of nitrogens with zero attached hydrogens (tertiary/aromatic N) is 3. The summed E-state index contributed by atoms with van der Waals surface area (Å²) in [4.78, 5) is 4.29. The lowest BCUT2D eigenvalue weighted by Gasteiger charge is -1.98. The summed E-state index contributed by atoms with van der Waals surface area (Å²) in [5, 5.41) is 13.3. The molecule has 80 valence electrons. The van der Waals surface area contributed by atoms with Crippen molar-refractivity contribution in [3.05, 3.63) is 29.7 Å². The van der Waals surface area contributed by atoms with Gasteiger partial charge >= 0.3 is 0 Å². The molecule has 0 amide bonds. The lowest BCUT2D eigenvalue weighted by Crippen LogP contribution is -1.97. The second kappa shape index (κ2) is 3.98. The van der Waals surface area contributed by atoms with Gasteiger partial charge in [0.15, 0.2) is 5.65 Å². The number of hydrogen-bond acceptors (Lipinski definition) is 3. The SMILES string of the molecule is CC(C)c1cc2ncc(CCO)cn2n1. The molecule has 0 aromatic carbocycles. The van der Waals surface area contributed by atoms with Gasteiger partial charge in [0.05, 0.1) is 5.69 Å². The average molecular weight is 205 g/mol. The Balaban J connectivity index is 2.43. The van der Waals surface area contributed by atoms with Gasteiger partial charge in [-0.15, -0.1) is 0 Å². The van der Waals surface area contributed by atoms with Gasteiger partial charge in [-0.2, -0.15) is 5.10 Å². The summed E-state index contributed by atoms with van der Waals surface area (Å²) in [7, 11) is 0. The molecule has 0 unspecified atom stereocenters. The number of aliphatic hydroxyl groups is 1. The minimum absolute atomic E-state index is 0.144. The van der Waals surface area contributed by atoms with Crippen LogP contribution in [0.15, 0.2) is 18.5 Å². The van der Waals surface area contributed by atoms with E-state index in [-0.39, 0.29) is 6.61 Å². The fourth-order valence-corrected chi connectivity index (χ4v) is 1.47. The van der Waals surface area contributed by atoms with Crippen molar-refractivity contribution >= 4 is 5.65 Å². The molecule has 0 spiro atoms. The molecule has 2 aromatic heterocycles. The van der Waals surface area contributed by atoms with Crippen LogP contribution in [0.4, 0.5) is 0 Å². The summed E-state index contributed by atoms with van der Waals surface area (Å²) in [5.41, 5.74) is 2.91. The second-order valence-electron chi connectivity index (χ2n) is 3.96. The molecule has 1 N–H and O–H groups in total. The molecule has 0 atom stereocenters. The Bertz CT molecular complexity index is 462. The first-order valence-corrected chi connectivity index (χ1v) is 5.16. The number of aliphatic hydroxyl groups excluding tert-OH is 1. The van der Waals surface area contributed by atoms with Gasteiger partial charge in [-0.25, -0.2) is 9.50 Å². The molecular weight excluding hydrogens is 190 g/mol. The van der Waals surface area contributed by atoms with E-state index in [4.69, 9.17) is 5.11 Å². The van der Waals surface area contributed by atoms with E-state index < -0.39 is 0 Å². The molecule has 0 aliphatic carbocycles. The maximum atomic E-state index is 8.83. The highest BCUT2D eigenvalue weighted by atomic mass is 16.2. The largest absolute Gasteiger partial charge is 0.396 e. The lowest BCUT2D eigenvalue weighted by atomic mass is 10.1. The van der Waals surface area contributed by atoms with Crippen LogP contribution in [0.5, 0.6) is 0 Å². The molecule has 0 aliphatic rings. The summed E-state index contributed by atoms with van der Waals surface area (Å²) in [6.07, 6.45) is 4.33. The molecule has 2 rings (SSSR count). The summed E-state index contributed by atoms with van der Waals surface area (Å²) >= 11 is 0. The van der Waals surface area contributed by atoms with Gasteiger partial charge in [0, 0.05) is 25.1 Å². The molecular formula is C11H15N3O. The van der Waals surface area contributed by atoms with E-state index in [1.807, 2.05) is 12.3 Å². The number of hydrogen-bond donors (Lipinski definition) is 1. The van der Waals surface area contributed by atoms with Crippen molar-refractivity contribution in [2.24, 2.45) is 0 Å². The van der Waals surface area contributed by atoms with Crippen LogP contribution in [0, 0.1) is 0 Å². The Morgan fingerprint density at radius 2 is 2.27 bits per heavy atom. The van der Waals surface area contributed by atoms with Gasteiger partial charge in [-0.1, -0.05) is 13.8 Å². The number of fused-ring (bicyclic) bond motifs is 1. The van der Waals surface area contributed by atoms with E-state index in [1.165, 1.54) is 0 Å². The zero-order valence-corrected chi connectivity index (χ0v) is 9.01. The van der Waals surface area contributed by atoms with Crippen LogP contribution >= 0.6 is 0 Å². The van der Waals surface area contributed by atoms with Crippen LogP contribution in [0.2, 0.25) is 0 Å². The molecule has 0 bridgehead atoms. The summed E-state index contributed by atoms with van der Waals surface area (Å²) in [5.74, 6) is 0.410. The highest BCUT2D eigenvalue weighted by Crippen LogP contribution is 2.14. The Morgan fingerprint density at radius 1 is 1.47 bits per heavy atom. The molecule has 0 aliphatic heterocycles. The summed E-state index contributed by atoms with van der Waals surface area (Å²) in [6, 6.07) is 1.99. The quantitative estimate of drug-likeness (QED) is 0.823. The predicted octanol–water partition coefficient (Wildman–Crippen LogP) is 1.39. The first kappa shape index (κ1) is 10.1. The van der Waals surface area contributed by atoms with Crippen molar-refractivity contribution in [3.63, 3.8) is 0 Å². The van der Waals surface area contributed by atoms with Gasteiger partial charge in [-0.05, 0) is 17.9 Å². The van der Waals surface area contributed by atoms with E-state index in [0.29, 0.717) is 12.3 Å². The lowest BCUT2D eigenvalue weighted by molar-refractivity contribution is 0.299. The molecule has 0 saturated carbocycles. The van der Waals surface area contributed by atoms with E-state index in [1.54, 1.807) is 10.7 Å². The van der Waals surface area contributed by atoms with Gasteiger partial charge in [0.2, 0.25) is 0 Å². The monoisotopic (exact) mass is 205 g/mol. The fraction of sp³-hybridized carbons (Fsp3) is 0.455. The van der Waals surface area contributed by atoms with Crippen LogP contribution in [-0.2, 0) is 6.42 Å². The molecule has 2 aromatic rings. The van der Waals surface area contributed by atoms with Crippen LogP contribution in [-0.4, -0.2) is 26.3 Å². The molecule has 0 radical (unpaired) electrons. The Hall–Kier alpha value is -1.42. The molecule has 15 heavy (non-hydrogen) atoms. The maximum Gasteiger partial charge on any atom is 0.155 e. The third-order valence-corrected chi connectivity index (χ3v) is 2.38. The molecule has 0 saturated heterocycles. The standard InChI is InChI=1S/C11H15N3O/c1-8(2)10-5-11-12-6-9(3-4-15)7-14(11)13-10/h5-8,15H,3-4H2,1-2H3. The number of aromatic nitrogens is 3. The first-order valence-electron chi connectivity index (χ1n) is 5.16. The Labute approximate surface area is 88.6 Å². The zero-order chi connectivity index (χ0) is 10.8. The van der Waals surface area contributed by atoms with Crippen molar-refractivity contribution in [2.75, 3.05) is 6.61 Å². The topological polar surface area (TPSA) is 50.4 Å². The fourth-order valence-electron chi connectivity index (χ4n) is 1.47. The average Bonchev–Trinajstić information content (AvgIpc) is 2.61. The van der Waals surface area contributed by atoms with Gasteiger partial charge < -0.3 is 5.11 Å². The third kappa shape index (κ3) is 1.99. The van der Waals surface area contributed by atoms with Crippen molar-refractivity contribution < 1.29 is 5.11 Å². The first-order chi connectivity index (χ1) is 7.20. The normalized spacial score (nSPS) is 11.5. The Kier molecular flexibility index (Phi) is 2.68. The maximum absolute atomic E-state index is 8.83. The highest BCUT2D eigenvalue weighted by molar-refractivity contribution is 5.40. The van der Waals surface area contributed by atoms with Crippen LogP contribution < -0.4 is 0 Å². The van der Waals surface area contributed by atoms with E-state index in [2.05, 4.69) is 23.9 Å². The van der Waals surface area contributed by atoms with Crippen molar-refractivity contribution in [1.29, 1.82) is 0 Å². The van der Waals surface area contributed by atoms with Crippen LogP contribution in [0.3, 0.4) is 0 Å². The second-order valence-corrected chi connectivity index (χ2v) is 3.96. The number of rotatable bonds is 3. The minimum atomic E-state index is 0.144. The molecule has 0 fully saturated rings. The molecule has 4 nitrogen and oxygen atoms in total. The van der Waals surface area contributed by atoms with Gasteiger partial charge in [0.25, 0.3) is 0 Å². The van der Waals surface area contributed by atoms with E-state index >= 15 is 0 Å². The highest BCUT2D eigenvalue weighted by Gasteiger charge is 2.06. The minimum Gasteiger partial charge on any atom is -0.396 e. The van der Waals surface area contributed by atoms with E-state index in [9.17, 15) is 0 Å². The van der Waals surface area contributed by atoms with Crippen molar-refractivity contribution in [2.45, 2.75) is 26.2 Å². The van der Waals surface area contributed by atoms with Crippen LogP contribution in [0.25, 0.3) is 5.65 Å². The summed E-state index contributed by atoms with van der Waals surface area (Å²) in [6.45, 7) is 4.36. The Morgan fingerprint density at radius 3 is 2.93 bits per heavy atom. The van der Waals surface area contributed by atoms with Crippen molar-refractivity contribution in [3.8, 4) is 0 Å². The molecule has 4 heteroatoms. The zero-order valence-electron chi connectivity index (χ0n) is 9.01. The predicted molar refractivity (Wildman–Crippen MR) is 57.9 cm³/mol. The smallest absolute Gasteiger partial charge is 0.155 e.